The molecule has 2 aromatic rings. The number of nitrogens with zero attached hydrogens (tertiary/aromatic N) is 3. The van der Waals surface area contributed by atoms with Crippen LogP contribution in [0.25, 0.3) is 11.3 Å². The van der Waals surface area contributed by atoms with E-state index >= 15 is 0 Å². The van der Waals surface area contributed by atoms with Gasteiger partial charge in [0, 0.05) is 5.56 Å². The molecular formula is C14H8F6N4. The zero-order valence-corrected chi connectivity index (χ0v) is 11.9. The van der Waals surface area contributed by atoms with Crippen molar-refractivity contribution in [2.24, 2.45) is 0 Å². The van der Waals surface area contributed by atoms with Crippen molar-refractivity contribution in [3.63, 3.8) is 0 Å². The van der Waals surface area contributed by atoms with Gasteiger partial charge >= 0.3 is 12.4 Å². The molecule has 1 aromatic carbocycles. The summed E-state index contributed by atoms with van der Waals surface area (Å²) in [6, 6.07) is 2.62. The second kappa shape index (κ2) is 5.67. The smallest absolute Gasteiger partial charge is 0.381 e. The molecular weight excluding hydrogens is 338 g/mol. The van der Waals surface area contributed by atoms with Crippen LogP contribution < -0.4 is 5.73 Å². The van der Waals surface area contributed by atoms with Crippen LogP contribution in [0.15, 0.2) is 18.2 Å². The van der Waals surface area contributed by atoms with Gasteiger partial charge < -0.3 is 5.73 Å². The molecule has 0 atom stereocenters. The maximum Gasteiger partial charge on any atom is 0.416 e. The first kappa shape index (κ1) is 17.5. The molecule has 0 fully saturated rings. The van der Waals surface area contributed by atoms with Crippen molar-refractivity contribution in [3.05, 3.63) is 40.7 Å². The van der Waals surface area contributed by atoms with Crippen LogP contribution in [0.1, 0.15) is 22.5 Å². The molecule has 0 spiro atoms. The SMILES string of the molecule is Cc1nc(N)c(C#N)nc1-c1cc(C(F)(F)F)cc(C(F)(F)F)c1. The molecule has 0 aliphatic rings. The number of alkyl halides is 6. The largest absolute Gasteiger partial charge is 0.416 e. The van der Waals surface area contributed by atoms with Crippen LogP contribution in [-0.2, 0) is 12.4 Å². The van der Waals surface area contributed by atoms with Gasteiger partial charge in [-0.2, -0.15) is 31.6 Å². The molecule has 1 heterocycles. The summed E-state index contributed by atoms with van der Waals surface area (Å²) < 4.78 is 77.3. The number of hydrogen-bond acceptors (Lipinski definition) is 4. The zero-order chi connectivity index (χ0) is 18.3. The van der Waals surface area contributed by atoms with E-state index in [1.54, 1.807) is 6.07 Å². The van der Waals surface area contributed by atoms with E-state index < -0.39 is 29.0 Å². The Morgan fingerprint density at radius 1 is 0.958 bits per heavy atom. The Bertz CT molecular complexity index is 801. The Morgan fingerprint density at radius 3 is 1.88 bits per heavy atom. The first-order chi connectivity index (χ1) is 10.9. The molecule has 2 N–H and O–H groups in total. The average Bonchev–Trinajstić information content (AvgIpc) is 2.45. The predicted molar refractivity (Wildman–Crippen MR) is 71.3 cm³/mol. The lowest BCUT2D eigenvalue weighted by Gasteiger charge is -2.15. The molecule has 126 valence electrons. The summed E-state index contributed by atoms with van der Waals surface area (Å²) in [6.07, 6.45) is -9.97. The third-order valence-corrected chi connectivity index (χ3v) is 3.06. The van der Waals surface area contributed by atoms with Gasteiger partial charge in [0.1, 0.15) is 6.07 Å². The van der Waals surface area contributed by atoms with Crippen molar-refractivity contribution in [2.45, 2.75) is 19.3 Å². The molecule has 0 saturated carbocycles. The fourth-order valence-electron chi connectivity index (χ4n) is 1.98. The molecule has 1 aromatic heterocycles. The highest BCUT2D eigenvalue weighted by Gasteiger charge is 2.37. The highest BCUT2D eigenvalue weighted by Crippen LogP contribution is 2.38. The minimum absolute atomic E-state index is 0.000973. The van der Waals surface area contributed by atoms with Gasteiger partial charge in [0.2, 0.25) is 0 Å². The lowest BCUT2D eigenvalue weighted by atomic mass is 10.0. The number of nitrogens with two attached hydrogens (primary N) is 1. The minimum Gasteiger partial charge on any atom is -0.381 e. The van der Waals surface area contributed by atoms with E-state index in [9.17, 15) is 26.3 Å². The van der Waals surface area contributed by atoms with Crippen LogP contribution in [-0.4, -0.2) is 9.97 Å². The quantitative estimate of drug-likeness (QED) is 0.794. The molecule has 10 heteroatoms. The summed E-state index contributed by atoms with van der Waals surface area (Å²) in [5, 5.41) is 8.86. The summed E-state index contributed by atoms with van der Waals surface area (Å²) >= 11 is 0. The number of nitriles is 1. The van der Waals surface area contributed by atoms with Crippen molar-refractivity contribution < 1.29 is 26.3 Å². The number of rotatable bonds is 1. The number of aromatic nitrogens is 2. The van der Waals surface area contributed by atoms with Crippen LogP contribution in [0, 0.1) is 18.3 Å². The molecule has 0 bridgehead atoms. The molecule has 0 radical (unpaired) electrons. The highest BCUT2D eigenvalue weighted by molar-refractivity contribution is 5.66. The fourth-order valence-corrected chi connectivity index (χ4v) is 1.98. The number of hydrogen-bond donors (Lipinski definition) is 1. The van der Waals surface area contributed by atoms with E-state index in [1.165, 1.54) is 6.92 Å². The lowest BCUT2D eigenvalue weighted by molar-refractivity contribution is -0.143. The second-order valence-electron chi connectivity index (χ2n) is 4.80. The van der Waals surface area contributed by atoms with E-state index in [2.05, 4.69) is 9.97 Å². The second-order valence-corrected chi connectivity index (χ2v) is 4.80. The zero-order valence-electron chi connectivity index (χ0n) is 11.9. The average molecular weight is 346 g/mol. The Balaban J connectivity index is 2.78. The number of benzene rings is 1. The Kier molecular flexibility index (Phi) is 4.14. The lowest BCUT2D eigenvalue weighted by Crippen LogP contribution is -2.12. The van der Waals surface area contributed by atoms with Gasteiger partial charge in [0.25, 0.3) is 0 Å². The Morgan fingerprint density at radius 2 is 1.46 bits per heavy atom. The van der Waals surface area contributed by atoms with Gasteiger partial charge in [-0.1, -0.05) is 0 Å². The normalized spacial score (nSPS) is 12.1. The van der Waals surface area contributed by atoms with Crippen LogP contribution >= 0.6 is 0 Å². The van der Waals surface area contributed by atoms with Gasteiger partial charge in [0.15, 0.2) is 11.5 Å². The van der Waals surface area contributed by atoms with Crippen LogP contribution in [0.4, 0.5) is 32.2 Å². The van der Waals surface area contributed by atoms with E-state index in [0.717, 1.165) is 0 Å². The van der Waals surface area contributed by atoms with E-state index in [-0.39, 0.29) is 29.0 Å². The van der Waals surface area contributed by atoms with E-state index in [1.807, 2.05) is 0 Å². The Hall–Kier alpha value is -2.83. The molecule has 0 aliphatic carbocycles. The molecule has 4 nitrogen and oxygen atoms in total. The Labute approximate surface area is 131 Å². The first-order valence-corrected chi connectivity index (χ1v) is 6.27. The molecule has 0 saturated heterocycles. The minimum atomic E-state index is -4.98. The van der Waals surface area contributed by atoms with Crippen molar-refractivity contribution >= 4 is 5.82 Å². The third-order valence-electron chi connectivity index (χ3n) is 3.06. The van der Waals surface area contributed by atoms with Gasteiger partial charge in [-0.15, -0.1) is 0 Å². The monoisotopic (exact) mass is 346 g/mol. The van der Waals surface area contributed by atoms with Crippen molar-refractivity contribution in [2.75, 3.05) is 5.73 Å². The van der Waals surface area contributed by atoms with Crippen molar-refractivity contribution in [3.8, 4) is 17.3 Å². The summed E-state index contributed by atoms with van der Waals surface area (Å²) in [5.74, 6) is -0.262. The molecule has 0 amide bonds. The topological polar surface area (TPSA) is 75.6 Å². The van der Waals surface area contributed by atoms with Gasteiger partial charge in [-0.05, 0) is 25.1 Å². The van der Waals surface area contributed by atoms with Crippen molar-refractivity contribution in [1.82, 2.24) is 9.97 Å². The maximum atomic E-state index is 12.9. The predicted octanol–water partition coefficient (Wildman–Crippen LogP) is 3.94. The number of nitrogen functional groups attached to an aromatic ring is 1. The summed E-state index contributed by atoms with van der Waals surface area (Å²) in [6.45, 7) is 1.31. The summed E-state index contributed by atoms with van der Waals surface area (Å²) in [5.41, 5.74) is 1.33. The van der Waals surface area contributed by atoms with E-state index in [0.29, 0.717) is 12.1 Å². The van der Waals surface area contributed by atoms with Gasteiger partial charge in [0.05, 0.1) is 22.5 Å². The molecule has 0 unspecified atom stereocenters. The van der Waals surface area contributed by atoms with Crippen LogP contribution in [0.2, 0.25) is 0 Å². The molecule has 0 aliphatic heterocycles. The third kappa shape index (κ3) is 3.40. The van der Waals surface area contributed by atoms with Gasteiger partial charge in [-0.3, -0.25) is 0 Å². The molecule has 2 rings (SSSR count). The molecule has 24 heavy (non-hydrogen) atoms. The van der Waals surface area contributed by atoms with Crippen molar-refractivity contribution in [1.29, 1.82) is 5.26 Å². The maximum absolute atomic E-state index is 12.9. The van der Waals surface area contributed by atoms with Crippen LogP contribution in [0.5, 0.6) is 0 Å². The number of aryl methyl sites for hydroxylation is 1. The fraction of sp³-hybridized carbons (Fsp3) is 0.214. The standard InChI is InChI=1S/C14H8F6N4/c1-6-11(24-10(5-21)12(22)23-6)7-2-8(13(15,16)17)4-9(3-7)14(18,19)20/h2-4H,1H3,(H2,22,23). The number of halogens is 6. The first-order valence-electron chi connectivity index (χ1n) is 6.27. The van der Waals surface area contributed by atoms with Crippen LogP contribution in [0.3, 0.4) is 0 Å². The summed E-state index contributed by atoms with van der Waals surface area (Å²) in [4.78, 5) is 7.46. The van der Waals surface area contributed by atoms with Gasteiger partial charge in [-0.25, -0.2) is 9.97 Å². The van der Waals surface area contributed by atoms with E-state index in [4.69, 9.17) is 11.0 Å². The number of anilines is 1. The highest BCUT2D eigenvalue weighted by atomic mass is 19.4. The summed E-state index contributed by atoms with van der Waals surface area (Å²) in [7, 11) is 0.